The Labute approximate surface area is 148 Å². The number of benzene rings is 1. The van der Waals surface area contributed by atoms with Crippen LogP contribution in [-0.2, 0) is 19.7 Å². The van der Waals surface area contributed by atoms with Gasteiger partial charge in [-0.1, -0.05) is 37.8 Å². The average Bonchev–Trinajstić information content (AvgIpc) is 2.96. The lowest BCUT2D eigenvalue weighted by Crippen LogP contribution is -2.39. The van der Waals surface area contributed by atoms with Gasteiger partial charge in [0.15, 0.2) is 6.61 Å². The monoisotopic (exact) mass is 347 g/mol. The molecule has 0 aromatic heterocycles. The van der Waals surface area contributed by atoms with Gasteiger partial charge in [0.1, 0.15) is 5.82 Å². The third kappa shape index (κ3) is 4.02. The highest BCUT2D eigenvalue weighted by atomic mass is 19.1. The number of ether oxygens (including phenoxy) is 1. The third-order valence-electron chi connectivity index (χ3n) is 5.53. The van der Waals surface area contributed by atoms with Gasteiger partial charge >= 0.3 is 5.97 Å². The fraction of sp³-hybridized carbons (Fsp3) is 0.600. The van der Waals surface area contributed by atoms with Crippen LogP contribution in [0.3, 0.4) is 0 Å². The molecule has 1 heterocycles. The molecule has 1 aromatic carbocycles. The van der Waals surface area contributed by atoms with Gasteiger partial charge in [-0.3, -0.25) is 9.59 Å². The number of rotatable bonds is 4. The zero-order chi connectivity index (χ0) is 17.7. The predicted octanol–water partition coefficient (Wildman–Crippen LogP) is 3.58. The van der Waals surface area contributed by atoms with Gasteiger partial charge in [0.25, 0.3) is 5.91 Å². The van der Waals surface area contributed by atoms with Crippen LogP contribution in [0.2, 0.25) is 0 Å². The summed E-state index contributed by atoms with van der Waals surface area (Å²) < 4.78 is 18.7. The first-order valence-corrected chi connectivity index (χ1v) is 9.33. The molecule has 0 unspecified atom stereocenters. The highest BCUT2D eigenvalue weighted by Gasteiger charge is 2.44. The Bertz CT molecular complexity index is 600. The summed E-state index contributed by atoms with van der Waals surface area (Å²) in [4.78, 5) is 27.0. The lowest BCUT2D eigenvalue weighted by Gasteiger charge is -2.28. The molecule has 5 heteroatoms. The van der Waals surface area contributed by atoms with Crippen molar-refractivity contribution in [1.82, 2.24) is 4.90 Å². The van der Waals surface area contributed by atoms with E-state index in [-0.39, 0.29) is 24.3 Å². The first kappa shape index (κ1) is 17.9. The third-order valence-corrected chi connectivity index (χ3v) is 5.53. The van der Waals surface area contributed by atoms with E-state index in [1.165, 1.54) is 12.1 Å². The topological polar surface area (TPSA) is 46.6 Å². The lowest BCUT2D eigenvalue weighted by atomic mass is 9.79. The van der Waals surface area contributed by atoms with E-state index < -0.39 is 5.41 Å². The summed E-state index contributed by atoms with van der Waals surface area (Å²) in [6.07, 6.45) is 7.58. The number of carbonyl (C=O) groups is 2. The molecule has 25 heavy (non-hydrogen) atoms. The molecule has 0 atom stereocenters. The molecule has 2 fully saturated rings. The highest BCUT2D eigenvalue weighted by molar-refractivity contribution is 5.86. The minimum atomic E-state index is -0.729. The Morgan fingerprint density at radius 3 is 2.16 bits per heavy atom. The molecule has 1 aromatic rings. The first-order valence-electron chi connectivity index (χ1n) is 9.33. The van der Waals surface area contributed by atoms with E-state index in [2.05, 4.69) is 0 Å². The van der Waals surface area contributed by atoms with Crippen molar-refractivity contribution in [3.8, 4) is 0 Å². The van der Waals surface area contributed by atoms with Gasteiger partial charge in [-0.25, -0.2) is 4.39 Å². The molecule has 0 bridgehead atoms. The number of hydrogen-bond donors (Lipinski definition) is 0. The number of hydrogen-bond acceptors (Lipinski definition) is 3. The van der Waals surface area contributed by atoms with E-state index in [9.17, 15) is 14.0 Å². The van der Waals surface area contributed by atoms with E-state index in [0.717, 1.165) is 57.2 Å². The molecule has 0 N–H and O–H groups in total. The fourth-order valence-electron chi connectivity index (χ4n) is 4.03. The molecule has 1 aliphatic carbocycles. The largest absolute Gasteiger partial charge is 0.455 e. The Kier molecular flexibility index (Phi) is 5.71. The van der Waals surface area contributed by atoms with Crippen molar-refractivity contribution >= 4 is 11.9 Å². The second-order valence-corrected chi connectivity index (χ2v) is 7.17. The van der Waals surface area contributed by atoms with Gasteiger partial charge in [-0.05, 0) is 43.4 Å². The number of esters is 1. The standard InChI is InChI=1S/C20H26FNO3/c21-17-9-7-16(8-10-17)20(11-3-4-12-20)19(24)25-15-18(23)22-13-5-1-2-6-14-22/h7-10H,1-6,11-15H2. The SMILES string of the molecule is O=C(COC(=O)C1(c2ccc(F)cc2)CCCC1)N1CCCCCC1. The summed E-state index contributed by atoms with van der Waals surface area (Å²) >= 11 is 0. The fourth-order valence-corrected chi connectivity index (χ4v) is 4.03. The normalized spacial score (nSPS) is 20.1. The van der Waals surface area contributed by atoms with Gasteiger partial charge in [-0.2, -0.15) is 0 Å². The summed E-state index contributed by atoms with van der Waals surface area (Å²) in [6, 6.07) is 6.09. The van der Waals surface area contributed by atoms with Crippen molar-refractivity contribution in [1.29, 1.82) is 0 Å². The van der Waals surface area contributed by atoms with Crippen LogP contribution >= 0.6 is 0 Å². The second kappa shape index (κ2) is 7.98. The van der Waals surface area contributed by atoms with Crippen molar-refractivity contribution in [2.75, 3.05) is 19.7 Å². The molecule has 1 saturated carbocycles. The van der Waals surface area contributed by atoms with Crippen LogP contribution in [-0.4, -0.2) is 36.5 Å². The van der Waals surface area contributed by atoms with E-state index in [4.69, 9.17) is 4.74 Å². The summed E-state index contributed by atoms with van der Waals surface area (Å²) in [5.74, 6) is -0.774. The molecule has 0 radical (unpaired) electrons. The molecule has 3 rings (SSSR count). The lowest BCUT2D eigenvalue weighted by molar-refractivity contribution is -0.157. The molecular weight excluding hydrogens is 321 g/mol. The van der Waals surface area contributed by atoms with Crippen molar-refractivity contribution in [2.45, 2.75) is 56.8 Å². The predicted molar refractivity (Wildman–Crippen MR) is 92.6 cm³/mol. The smallest absolute Gasteiger partial charge is 0.317 e. The van der Waals surface area contributed by atoms with Crippen LogP contribution in [0.1, 0.15) is 56.9 Å². The van der Waals surface area contributed by atoms with Crippen LogP contribution < -0.4 is 0 Å². The quantitative estimate of drug-likeness (QED) is 0.782. The van der Waals surface area contributed by atoms with Crippen LogP contribution in [0.25, 0.3) is 0 Å². The minimum Gasteiger partial charge on any atom is -0.455 e. The number of nitrogens with zero attached hydrogens (tertiary/aromatic N) is 1. The van der Waals surface area contributed by atoms with Gasteiger partial charge in [0.2, 0.25) is 0 Å². The Hall–Kier alpha value is -1.91. The van der Waals surface area contributed by atoms with Crippen LogP contribution in [0, 0.1) is 5.82 Å². The maximum absolute atomic E-state index is 13.2. The van der Waals surface area contributed by atoms with Crippen LogP contribution in [0.15, 0.2) is 24.3 Å². The average molecular weight is 347 g/mol. The second-order valence-electron chi connectivity index (χ2n) is 7.17. The van der Waals surface area contributed by atoms with Crippen LogP contribution in [0.4, 0.5) is 4.39 Å². The summed E-state index contributed by atoms with van der Waals surface area (Å²) in [7, 11) is 0. The van der Waals surface area contributed by atoms with E-state index >= 15 is 0 Å². The molecular formula is C20H26FNO3. The van der Waals surface area contributed by atoms with Gasteiger partial charge in [0, 0.05) is 13.1 Å². The summed E-state index contributed by atoms with van der Waals surface area (Å²) in [5.41, 5.74) is 0.0610. The Balaban J connectivity index is 1.65. The van der Waals surface area contributed by atoms with E-state index in [1.807, 2.05) is 0 Å². The van der Waals surface area contributed by atoms with Crippen molar-refractivity contribution in [3.05, 3.63) is 35.6 Å². The Morgan fingerprint density at radius 2 is 1.56 bits per heavy atom. The maximum atomic E-state index is 13.2. The number of amides is 1. The van der Waals surface area contributed by atoms with Crippen LogP contribution in [0.5, 0.6) is 0 Å². The number of carbonyl (C=O) groups excluding carboxylic acids is 2. The van der Waals surface area contributed by atoms with Gasteiger partial charge in [0.05, 0.1) is 5.41 Å². The van der Waals surface area contributed by atoms with Gasteiger partial charge < -0.3 is 9.64 Å². The zero-order valence-corrected chi connectivity index (χ0v) is 14.6. The summed E-state index contributed by atoms with van der Waals surface area (Å²) in [6.45, 7) is 1.31. The van der Waals surface area contributed by atoms with Crippen molar-refractivity contribution in [3.63, 3.8) is 0 Å². The molecule has 1 aliphatic heterocycles. The van der Waals surface area contributed by atoms with E-state index in [0.29, 0.717) is 12.8 Å². The molecule has 1 amide bonds. The molecule has 2 aliphatic rings. The number of halogens is 1. The van der Waals surface area contributed by atoms with Crippen molar-refractivity contribution in [2.24, 2.45) is 0 Å². The minimum absolute atomic E-state index is 0.109. The van der Waals surface area contributed by atoms with Crippen molar-refractivity contribution < 1.29 is 18.7 Å². The summed E-state index contributed by atoms with van der Waals surface area (Å²) in [5, 5.41) is 0. The van der Waals surface area contributed by atoms with E-state index in [1.54, 1.807) is 17.0 Å². The highest BCUT2D eigenvalue weighted by Crippen LogP contribution is 2.42. The maximum Gasteiger partial charge on any atom is 0.317 e. The number of likely N-dealkylation sites (tertiary alicyclic amines) is 1. The Morgan fingerprint density at radius 1 is 0.960 bits per heavy atom. The molecule has 4 nitrogen and oxygen atoms in total. The van der Waals surface area contributed by atoms with Gasteiger partial charge in [-0.15, -0.1) is 0 Å². The molecule has 0 spiro atoms. The first-order chi connectivity index (χ1) is 12.1. The molecule has 136 valence electrons. The zero-order valence-electron chi connectivity index (χ0n) is 14.6. The molecule has 1 saturated heterocycles.